The predicted octanol–water partition coefficient (Wildman–Crippen LogP) is 2.91. The molecule has 2 aliphatic rings. The van der Waals surface area contributed by atoms with Crippen LogP contribution in [0, 0.1) is 5.92 Å². The van der Waals surface area contributed by atoms with Crippen molar-refractivity contribution in [3.8, 4) is 0 Å². The molecule has 1 N–H and O–H groups in total. The fourth-order valence-electron chi connectivity index (χ4n) is 4.51. The topological polar surface area (TPSA) is 74.7 Å². The number of amides is 2. The molecule has 1 aromatic rings. The van der Waals surface area contributed by atoms with Gasteiger partial charge in [-0.2, -0.15) is 0 Å². The fourth-order valence-corrected chi connectivity index (χ4v) is 4.51. The minimum absolute atomic E-state index is 0.0855. The second-order valence-electron chi connectivity index (χ2n) is 9.66. The lowest BCUT2D eigenvalue weighted by molar-refractivity contribution is 0.0593. The molecule has 1 aliphatic heterocycles. The summed E-state index contributed by atoms with van der Waals surface area (Å²) >= 11 is 0. The molecule has 31 heavy (non-hydrogen) atoms. The number of rotatable bonds is 7. The summed E-state index contributed by atoms with van der Waals surface area (Å²) in [7, 11) is 0. The molecular formula is C24H38N4O3. The molecule has 1 aliphatic carbocycles. The highest BCUT2D eigenvalue weighted by Crippen LogP contribution is 2.29. The molecule has 1 saturated heterocycles. The van der Waals surface area contributed by atoms with Crippen LogP contribution in [0.4, 0.5) is 0 Å². The summed E-state index contributed by atoms with van der Waals surface area (Å²) < 4.78 is 1.95. The molecule has 7 heteroatoms. The lowest BCUT2D eigenvalue weighted by Gasteiger charge is -2.37. The van der Waals surface area contributed by atoms with E-state index < -0.39 is 5.43 Å². The van der Waals surface area contributed by atoms with Crippen LogP contribution in [0.15, 0.2) is 17.2 Å². The van der Waals surface area contributed by atoms with Crippen molar-refractivity contribution in [2.45, 2.75) is 71.9 Å². The smallest absolute Gasteiger partial charge is 0.259 e. The standard InChI is InChI=1S/C24H38N4O3/c1-17(2)9-10-25-23(30)20-15-28(19-7-5-6-8-19)16-21(22(20)29)24(31)27-13-11-26(12-14-27)18(3)4/h15-19H,5-14H2,1-4H3,(H,25,30). The van der Waals surface area contributed by atoms with Crippen LogP contribution in [0.3, 0.4) is 0 Å². The van der Waals surface area contributed by atoms with Crippen LogP contribution in [0.5, 0.6) is 0 Å². The number of nitrogens with one attached hydrogen (secondary N) is 1. The molecule has 1 saturated carbocycles. The van der Waals surface area contributed by atoms with Crippen molar-refractivity contribution >= 4 is 11.8 Å². The number of hydrogen-bond acceptors (Lipinski definition) is 4. The Morgan fingerprint density at radius 2 is 1.61 bits per heavy atom. The molecule has 0 radical (unpaired) electrons. The molecule has 0 bridgehead atoms. The monoisotopic (exact) mass is 430 g/mol. The van der Waals surface area contributed by atoms with Crippen molar-refractivity contribution in [1.82, 2.24) is 19.7 Å². The van der Waals surface area contributed by atoms with Crippen LogP contribution >= 0.6 is 0 Å². The molecule has 0 spiro atoms. The van der Waals surface area contributed by atoms with Gasteiger partial charge >= 0.3 is 0 Å². The molecule has 1 aromatic heterocycles. The second kappa shape index (κ2) is 10.4. The third-order valence-electron chi connectivity index (χ3n) is 6.61. The average molecular weight is 431 g/mol. The molecule has 3 rings (SSSR count). The fraction of sp³-hybridized carbons (Fsp3) is 0.708. The van der Waals surface area contributed by atoms with Gasteiger partial charge in [-0.1, -0.05) is 26.7 Å². The van der Waals surface area contributed by atoms with Gasteiger partial charge in [-0.05, 0) is 39.0 Å². The highest BCUT2D eigenvalue weighted by Gasteiger charge is 2.28. The maximum absolute atomic E-state index is 13.3. The normalized spacial score (nSPS) is 18.2. The van der Waals surface area contributed by atoms with E-state index in [1.165, 1.54) is 0 Å². The van der Waals surface area contributed by atoms with Gasteiger partial charge in [0, 0.05) is 57.2 Å². The van der Waals surface area contributed by atoms with Gasteiger partial charge in [-0.25, -0.2) is 0 Å². The Hall–Kier alpha value is -2.15. The first-order chi connectivity index (χ1) is 14.8. The first-order valence-electron chi connectivity index (χ1n) is 11.8. The Balaban J connectivity index is 1.86. The largest absolute Gasteiger partial charge is 0.352 e. The molecular weight excluding hydrogens is 392 g/mol. The van der Waals surface area contributed by atoms with E-state index in [0.717, 1.165) is 45.2 Å². The maximum Gasteiger partial charge on any atom is 0.259 e. The zero-order chi connectivity index (χ0) is 22.5. The Bertz CT molecular complexity index is 832. The van der Waals surface area contributed by atoms with E-state index in [1.54, 1.807) is 17.3 Å². The van der Waals surface area contributed by atoms with Gasteiger partial charge in [0.05, 0.1) is 0 Å². The molecule has 172 valence electrons. The van der Waals surface area contributed by atoms with E-state index in [9.17, 15) is 14.4 Å². The van der Waals surface area contributed by atoms with Gasteiger partial charge in [0.25, 0.3) is 11.8 Å². The molecule has 2 heterocycles. The predicted molar refractivity (Wildman–Crippen MR) is 123 cm³/mol. The quantitative estimate of drug-likeness (QED) is 0.722. The lowest BCUT2D eigenvalue weighted by Crippen LogP contribution is -2.51. The first kappa shape index (κ1) is 23.5. The number of carbonyl (C=O) groups is 2. The van der Waals surface area contributed by atoms with Crippen molar-refractivity contribution in [3.05, 3.63) is 33.7 Å². The van der Waals surface area contributed by atoms with Crippen molar-refractivity contribution in [3.63, 3.8) is 0 Å². The van der Waals surface area contributed by atoms with E-state index >= 15 is 0 Å². The summed E-state index contributed by atoms with van der Waals surface area (Å²) in [5.74, 6) is -0.165. The summed E-state index contributed by atoms with van der Waals surface area (Å²) in [6.07, 6.45) is 8.49. The highest BCUT2D eigenvalue weighted by atomic mass is 16.2. The van der Waals surface area contributed by atoms with Gasteiger partial charge in [0.1, 0.15) is 11.1 Å². The highest BCUT2D eigenvalue weighted by molar-refractivity contribution is 5.99. The third-order valence-corrected chi connectivity index (χ3v) is 6.61. The lowest BCUT2D eigenvalue weighted by atomic mass is 10.1. The molecule has 0 unspecified atom stereocenters. The van der Waals surface area contributed by atoms with Gasteiger partial charge < -0.3 is 14.8 Å². The number of carbonyl (C=O) groups excluding carboxylic acids is 2. The van der Waals surface area contributed by atoms with Crippen LogP contribution in [-0.4, -0.2) is 64.9 Å². The second-order valence-corrected chi connectivity index (χ2v) is 9.66. The number of nitrogens with zero attached hydrogens (tertiary/aromatic N) is 3. The van der Waals surface area contributed by atoms with E-state index in [1.807, 2.05) is 4.57 Å². The average Bonchev–Trinajstić information content (AvgIpc) is 3.28. The van der Waals surface area contributed by atoms with Crippen molar-refractivity contribution < 1.29 is 9.59 Å². The Kier molecular flexibility index (Phi) is 7.92. The zero-order valence-electron chi connectivity index (χ0n) is 19.5. The zero-order valence-corrected chi connectivity index (χ0v) is 19.5. The summed E-state index contributed by atoms with van der Waals surface area (Å²) in [5.41, 5.74) is -0.240. The Morgan fingerprint density at radius 3 is 2.19 bits per heavy atom. The minimum atomic E-state index is -0.451. The summed E-state index contributed by atoms with van der Waals surface area (Å²) in [5, 5.41) is 2.87. The summed E-state index contributed by atoms with van der Waals surface area (Å²) in [6.45, 7) is 11.8. The van der Waals surface area contributed by atoms with E-state index in [4.69, 9.17) is 0 Å². The molecule has 2 amide bonds. The minimum Gasteiger partial charge on any atom is -0.352 e. The first-order valence-corrected chi connectivity index (χ1v) is 11.8. The molecule has 0 atom stereocenters. The van der Waals surface area contributed by atoms with Crippen LogP contribution < -0.4 is 10.7 Å². The summed E-state index contributed by atoms with van der Waals surface area (Å²) in [4.78, 5) is 43.4. The maximum atomic E-state index is 13.3. The molecule has 2 fully saturated rings. The van der Waals surface area contributed by atoms with Crippen LogP contribution in [-0.2, 0) is 0 Å². The van der Waals surface area contributed by atoms with Crippen molar-refractivity contribution in [2.24, 2.45) is 5.92 Å². The van der Waals surface area contributed by atoms with Crippen LogP contribution in [0.1, 0.15) is 86.6 Å². The summed E-state index contributed by atoms with van der Waals surface area (Å²) in [6, 6.07) is 0.682. The van der Waals surface area contributed by atoms with E-state index in [0.29, 0.717) is 31.6 Å². The molecule has 0 aromatic carbocycles. The van der Waals surface area contributed by atoms with Gasteiger partial charge in [-0.3, -0.25) is 19.3 Å². The third kappa shape index (κ3) is 5.76. The van der Waals surface area contributed by atoms with Gasteiger partial charge in [0.15, 0.2) is 0 Å². The number of pyridine rings is 1. The van der Waals surface area contributed by atoms with E-state index in [-0.39, 0.29) is 29.0 Å². The van der Waals surface area contributed by atoms with Gasteiger partial charge in [-0.15, -0.1) is 0 Å². The van der Waals surface area contributed by atoms with Crippen LogP contribution in [0.25, 0.3) is 0 Å². The van der Waals surface area contributed by atoms with Crippen molar-refractivity contribution in [1.29, 1.82) is 0 Å². The Morgan fingerprint density at radius 1 is 1.00 bits per heavy atom. The number of hydrogen-bond donors (Lipinski definition) is 1. The Labute approximate surface area is 185 Å². The van der Waals surface area contributed by atoms with E-state index in [2.05, 4.69) is 37.9 Å². The van der Waals surface area contributed by atoms with Crippen LogP contribution in [0.2, 0.25) is 0 Å². The van der Waals surface area contributed by atoms with Crippen molar-refractivity contribution in [2.75, 3.05) is 32.7 Å². The number of aromatic nitrogens is 1. The van der Waals surface area contributed by atoms with Gasteiger partial charge in [0.2, 0.25) is 5.43 Å². The number of piperazine rings is 1. The SMILES string of the molecule is CC(C)CCNC(=O)c1cn(C2CCCC2)cc(C(=O)N2CCN(C(C)C)CC2)c1=O. The molecule has 7 nitrogen and oxygen atoms in total.